The Hall–Kier alpha value is -1.75. The topological polar surface area (TPSA) is 138 Å². The third kappa shape index (κ3) is 4.70. The number of aryl methyl sites for hydroxylation is 2. The summed E-state index contributed by atoms with van der Waals surface area (Å²) in [5, 5.41) is 38.2. The summed E-state index contributed by atoms with van der Waals surface area (Å²) in [6, 6.07) is 5.46. The molecule has 0 amide bonds. The van der Waals surface area contributed by atoms with Crippen molar-refractivity contribution in [3.05, 3.63) is 29.3 Å². The quantitative estimate of drug-likeness (QED) is 0.401. The minimum Gasteiger partial charge on any atom is -0.491 e. The first-order valence-electron chi connectivity index (χ1n) is 8.25. The molecule has 1 saturated heterocycles. The number of carboxylic acid groups (broad SMARTS) is 1. The Balaban J connectivity index is 1.88. The summed E-state index contributed by atoms with van der Waals surface area (Å²) in [6.07, 6.45) is -8.25. The summed E-state index contributed by atoms with van der Waals surface area (Å²) in [5.74, 6) is -0.706. The number of rotatable bonds is 7. The molecule has 1 heterocycles. The van der Waals surface area contributed by atoms with Crippen molar-refractivity contribution in [1.29, 1.82) is 0 Å². The minimum absolute atomic E-state index is 0.238. The predicted octanol–water partition coefficient (Wildman–Crippen LogP) is -0.516. The Bertz CT molecular complexity index is 605. The van der Waals surface area contributed by atoms with Crippen LogP contribution in [0.5, 0.6) is 5.75 Å². The largest absolute Gasteiger partial charge is 0.491 e. The molecule has 9 heteroatoms. The van der Waals surface area contributed by atoms with Crippen molar-refractivity contribution in [3.63, 3.8) is 0 Å². The zero-order valence-corrected chi connectivity index (χ0v) is 14.8. The van der Waals surface area contributed by atoms with Crippen LogP contribution in [0, 0.1) is 13.8 Å². The van der Waals surface area contributed by atoms with E-state index in [1.807, 2.05) is 32.0 Å². The molecule has 1 aliphatic rings. The highest BCUT2D eigenvalue weighted by Gasteiger charge is 2.47. The number of aliphatic hydroxyl groups excluding tert-OH is 3. The van der Waals surface area contributed by atoms with Crippen molar-refractivity contribution < 1.29 is 39.5 Å². The lowest BCUT2D eigenvalue weighted by Gasteiger charge is -2.38. The number of nitrogens with one attached hydrogen (secondary N) is 1. The fraction of sp³-hybridized carbons (Fsp3) is 0.588. The van der Waals surface area contributed by atoms with E-state index in [0.29, 0.717) is 0 Å². The maximum atomic E-state index is 11.1. The molecule has 0 aromatic heterocycles. The fourth-order valence-corrected chi connectivity index (χ4v) is 2.60. The van der Waals surface area contributed by atoms with E-state index in [1.165, 1.54) is 0 Å². The Morgan fingerprint density at radius 3 is 2.38 bits per heavy atom. The second kappa shape index (κ2) is 8.76. The Morgan fingerprint density at radius 1 is 1.19 bits per heavy atom. The number of aliphatic hydroxyl groups is 3. The maximum absolute atomic E-state index is 11.1. The number of hydrogen-bond donors (Lipinski definition) is 5. The first kappa shape index (κ1) is 20.6. The molecule has 146 valence electrons. The van der Waals surface area contributed by atoms with Crippen molar-refractivity contribution in [2.24, 2.45) is 0 Å². The molecule has 0 saturated carbocycles. The summed E-state index contributed by atoms with van der Waals surface area (Å²) in [5.41, 5.74) is 4.57. The van der Waals surface area contributed by atoms with Crippen LogP contribution in [0.4, 0.5) is 0 Å². The van der Waals surface area contributed by atoms with Crippen molar-refractivity contribution in [3.8, 4) is 5.75 Å². The number of benzene rings is 1. The summed E-state index contributed by atoms with van der Waals surface area (Å²) in [6.45, 7) is 5.86. The monoisotopic (exact) mass is 371 g/mol. The van der Waals surface area contributed by atoms with Gasteiger partial charge >= 0.3 is 5.97 Å². The summed E-state index contributed by atoms with van der Waals surface area (Å²) in [4.78, 5) is 16.2. The van der Waals surface area contributed by atoms with E-state index in [9.17, 15) is 20.1 Å². The molecule has 1 aromatic carbocycles. The van der Waals surface area contributed by atoms with Crippen LogP contribution < -0.4 is 10.2 Å². The van der Waals surface area contributed by atoms with Gasteiger partial charge in [-0.15, -0.1) is 0 Å². The second-order valence-corrected chi connectivity index (χ2v) is 6.40. The minimum atomic E-state index is -1.76. The second-order valence-electron chi connectivity index (χ2n) is 6.40. The zero-order chi connectivity index (χ0) is 19.4. The van der Waals surface area contributed by atoms with Gasteiger partial charge in [0.2, 0.25) is 6.29 Å². The molecule has 2 rings (SSSR count). The fourth-order valence-electron chi connectivity index (χ4n) is 2.60. The normalized spacial score (nSPS) is 30.0. The van der Waals surface area contributed by atoms with Crippen molar-refractivity contribution >= 4 is 5.97 Å². The van der Waals surface area contributed by atoms with E-state index in [4.69, 9.17) is 19.4 Å². The highest BCUT2D eigenvalue weighted by molar-refractivity contribution is 5.73. The highest BCUT2D eigenvalue weighted by atomic mass is 16.8. The van der Waals surface area contributed by atoms with Crippen molar-refractivity contribution in [2.45, 2.75) is 57.5 Å². The van der Waals surface area contributed by atoms with Gasteiger partial charge in [-0.1, -0.05) is 18.2 Å². The van der Waals surface area contributed by atoms with Crippen LogP contribution in [-0.2, 0) is 14.4 Å². The van der Waals surface area contributed by atoms with Crippen molar-refractivity contribution in [1.82, 2.24) is 5.48 Å². The predicted molar refractivity (Wildman–Crippen MR) is 89.4 cm³/mol. The average molecular weight is 371 g/mol. The van der Waals surface area contributed by atoms with Crippen LogP contribution in [0.25, 0.3) is 0 Å². The SMILES string of the molecule is Cc1cccc(C)c1OC[C@@H](C)NOC1O[C@H](C(=O)O)[C@@H](O)[C@H](O)[C@H]1O. The van der Waals surface area contributed by atoms with Gasteiger partial charge in [0.25, 0.3) is 0 Å². The molecule has 5 N–H and O–H groups in total. The molecule has 1 aliphatic heterocycles. The van der Waals surface area contributed by atoms with Gasteiger partial charge in [0.1, 0.15) is 30.7 Å². The van der Waals surface area contributed by atoms with E-state index in [2.05, 4.69) is 5.48 Å². The Morgan fingerprint density at radius 2 is 1.81 bits per heavy atom. The number of carbonyl (C=O) groups is 1. The van der Waals surface area contributed by atoms with Crippen LogP contribution in [-0.4, -0.2) is 69.8 Å². The Labute approximate surface area is 151 Å². The molecule has 6 atom stereocenters. The van der Waals surface area contributed by atoms with E-state index in [-0.39, 0.29) is 12.6 Å². The first-order valence-corrected chi connectivity index (χ1v) is 8.25. The summed E-state index contributed by atoms with van der Waals surface area (Å²) >= 11 is 0. The summed E-state index contributed by atoms with van der Waals surface area (Å²) in [7, 11) is 0. The third-order valence-electron chi connectivity index (χ3n) is 4.08. The van der Waals surface area contributed by atoms with Gasteiger partial charge in [0.15, 0.2) is 6.10 Å². The standard InChI is InChI=1S/C17H25NO8/c1-8-5-4-6-9(2)14(8)24-7-10(3)18-26-17-13(21)11(19)12(20)15(25-17)16(22)23/h4-6,10-13,15,17-21H,7H2,1-3H3,(H,22,23)/t10-,11+,12+,13-,15+,17?/m1/s1. The molecule has 1 fully saturated rings. The molecular formula is C17H25NO8. The molecule has 0 spiro atoms. The van der Waals surface area contributed by atoms with Gasteiger partial charge < -0.3 is 29.9 Å². The Kier molecular flexibility index (Phi) is 6.93. The molecule has 0 aliphatic carbocycles. The lowest BCUT2D eigenvalue weighted by atomic mass is 9.99. The average Bonchev–Trinajstić information content (AvgIpc) is 2.58. The number of ether oxygens (including phenoxy) is 2. The van der Waals surface area contributed by atoms with Crippen LogP contribution >= 0.6 is 0 Å². The number of para-hydroxylation sites is 1. The van der Waals surface area contributed by atoms with E-state index < -0.39 is 36.7 Å². The lowest BCUT2D eigenvalue weighted by molar-refractivity contribution is -0.311. The van der Waals surface area contributed by atoms with Crippen LogP contribution in [0.3, 0.4) is 0 Å². The molecular weight excluding hydrogens is 346 g/mol. The maximum Gasteiger partial charge on any atom is 0.335 e. The van der Waals surface area contributed by atoms with E-state index in [1.54, 1.807) is 6.92 Å². The number of aliphatic carboxylic acids is 1. The van der Waals surface area contributed by atoms with E-state index >= 15 is 0 Å². The van der Waals surface area contributed by atoms with Crippen LogP contribution in [0.1, 0.15) is 18.1 Å². The van der Waals surface area contributed by atoms with E-state index in [0.717, 1.165) is 16.9 Å². The number of hydroxylamine groups is 1. The van der Waals surface area contributed by atoms with Gasteiger partial charge in [0, 0.05) is 0 Å². The number of carboxylic acids is 1. The molecule has 9 nitrogen and oxygen atoms in total. The summed E-state index contributed by atoms with van der Waals surface area (Å²) < 4.78 is 10.8. The third-order valence-corrected chi connectivity index (χ3v) is 4.08. The molecule has 0 bridgehead atoms. The van der Waals surface area contributed by atoms with Crippen molar-refractivity contribution in [2.75, 3.05) is 6.61 Å². The smallest absolute Gasteiger partial charge is 0.335 e. The highest BCUT2D eigenvalue weighted by Crippen LogP contribution is 2.23. The molecule has 0 radical (unpaired) electrons. The van der Waals surface area contributed by atoms with Crippen LogP contribution in [0.2, 0.25) is 0 Å². The zero-order valence-electron chi connectivity index (χ0n) is 14.8. The van der Waals surface area contributed by atoms with Gasteiger partial charge in [-0.05, 0) is 31.9 Å². The van der Waals surface area contributed by atoms with Gasteiger partial charge in [-0.2, -0.15) is 5.48 Å². The number of hydrogen-bond acceptors (Lipinski definition) is 8. The van der Waals surface area contributed by atoms with Gasteiger partial charge in [-0.25, -0.2) is 4.79 Å². The van der Waals surface area contributed by atoms with Gasteiger partial charge in [0.05, 0.1) is 6.04 Å². The van der Waals surface area contributed by atoms with Gasteiger partial charge in [-0.3, -0.25) is 4.84 Å². The first-order chi connectivity index (χ1) is 12.2. The lowest BCUT2D eigenvalue weighted by Crippen LogP contribution is -2.61. The molecule has 1 aromatic rings. The molecule has 1 unspecified atom stereocenters. The molecule has 26 heavy (non-hydrogen) atoms. The van der Waals surface area contributed by atoms with Crippen LogP contribution in [0.15, 0.2) is 18.2 Å².